The summed E-state index contributed by atoms with van der Waals surface area (Å²) in [5.41, 5.74) is 1.41. The second-order valence-corrected chi connectivity index (χ2v) is 4.34. The maximum Gasteiger partial charge on any atom is 0.355 e. The van der Waals surface area contributed by atoms with E-state index < -0.39 is 5.97 Å². The monoisotopic (exact) mass is 273 g/mol. The molecule has 3 aromatic heterocycles. The van der Waals surface area contributed by atoms with Gasteiger partial charge in [0.15, 0.2) is 5.69 Å². The van der Waals surface area contributed by atoms with E-state index in [1.54, 1.807) is 36.5 Å². The van der Waals surface area contributed by atoms with Crippen molar-refractivity contribution >= 4 is 23.2 Å². The number of aromatic carboxylic acids is 1. The number of rotatable bonds is 2. The van der Waals surface area contributed by atoms with Gasteiger partial charge in [0, 0.05) is 12.4 Å². The highest BCUT2D eigenvalue weighted by atomic mass is 35.5. The average Bonchev–Trinajstić information content (AvgIpc) is 2.78. The summed E-state index contributed by atoms with van der Waals surface area (Å²) in [6.07, 6.45) is 3.12. The SMILES string of the molecule is O=C(O)c1c(-c2ccccn2)nc2ccc(Cl)cn12. The Bertz CT molecular complexity index is 768. The van der Waals surface area contributed by atoms with Crippen LogP contribution in [0.5, 0.6) is 0 Å². The van der Waals surface area contributed by atoms with E-state index in [0.29, 0.717) is 22.1 Å². The van der Waals surface area contributed by atoms with Crippen LogP contribution in [0.25, 0.3) is 17.0 Å². The lowest BCUT2D eigenvalue weighted by atomic mass is 10.2. The number of fused-ring (bicyclic) bond motifs is 1. The molecule has 0 spiro atoms. The van der Waals surface area contributed by atoms with Crippen molar-refractivity contribution in [3.63, 3.8) is 0 Å². The Morgan fingerprint density at radius 2 is 2.11 bits per heavy atom. The highest BCUT2D eigenvalue weighted by Crippen LogP contribution is 2.24. The van der Waals surface area contributed by atoms with Gasteiger partial charge in [-0.3, -0.25) is 9.38 Å². The number of nitrogens with zero attached hydrogens (tertiary/aromatic N) is 3. The Balaban J connectivity index is 2.36. The Morgan fingerprint density at radius 3 is 2.79 bits per heavy atom. The van der Waals surface area contributed by atoms with Crippen LogP contribution in [0.15, 0.2) is 42.7 Å². The number of carboxylic acid groups (broad SMARTS) is 1. The van der Waals surface area contributed by atoms with E-state index in [2.05, 4.69) is 9.97 Å². The molecular formula is C13H8ClN3O2. The summed E-state index contributed by atoms with van der Waals surface area (Å²) in [5, 5.41) is 9.82. The first-order chi connectivity index (χ1) is 9.16. The van der Waals surface area contributed by atoms with Crippen molar-refractivity contribution in [1.29, 1.82) is 0 Å². The fraction of sp³-hybridized carbons (Fsp3) is 0. The quantitative estimate of drug-likeness (QED) is 0.779. The van der Waals surface area contributed by atoms with Crippen LogP contribution in [0.2, 0.25) is 5.02 Å². The second-order valence-electron chi connectivity index (χ2n) is 3.90. The fourth-order valence-electron chi connectivity index (χ4n) is 1.90. The van der Waals surface area contributed by atoms with Gasteiger partial charge in [0.05, 0.1) is 10.7 Å². The van der Waals surface area contributed by atoms with Crippen molar-refractivity contribution in [2.45, 2.75) is 0 Å². The molecule has 1 N–H and O–H groups in total. The normalized spacial score (nSPS) is 10.8. The molecule has 6 heteroatoms. The summed E-state index contributed by atoms with van der Waals surface area (Å²) >= 11 is 5.89. The van der Waals surface area contributed by atoms with Crippen LogP contribution >= 0.6 is 11.6 Å². The Labute approximate surface area is 113 Å². The third-order valence-corrected chi connectivity index (χ3v) is 2.92. The first-order valence-electron chi connectivity index (χ1n) is 5.49. The minimum Gasteiger partial charge on any atom is -0.476 e. The van der Waals surface area contributed by atoms with Gasteiger partial charge in [-0.15, -0.1) is 0 Å². The number of carboxylic acids is 1. The van der Waals surface area contributed by atoms with Crippen molar-refractivity contribution in [1.82, 2.24) is 14.4 Å². The van der Waals surface area contributed by atoms with Crippen LogP contribution < -0.4 is 0 Å². The standard InChI is InChI=1S/C13H8ClN3O2/c14-8-4-5-10-16-11(9-3-1-2-6-15-9)12(13(18)19)17(10)7-8/h1-7H,(H,18,19). The van der Waals surface area contributed by atoms with E-state index >= 15 is 0 Å². The molecule has 0 aliphatic heterocycles. The molecule has 3 aromatic rings. The van der Waals surface area contributed by atoms with Gasteiger partial charge < -0.3 is 5.11 Å². The number of hydrogen-bond acceptors (Lipinski definition) is 3. The molecule has 0 fully saturated rings. The van der Waals surface area contributed by atoms with Gasteiger partial charge in [-0.05, 0) is 24.3 Å². The highest BCUT2D eigenvalue weighted by molar-refractivity contribution is 6.30. The van der Waals surface area contributed by atoms with Gasteiger partial charge in [0.25, 0.3) is 0 Å². The molecule has 0 amide bonds. The van der Waals surface area contributed by atoms with Crippen LogP contribution in [-0.4, -0.2) is 25.4 Å². The molecule has 0 saturated heterocycles. The van der Waals surface area contributed by atoms with Gasteiger partial charge in [-0.1, -0.05) is 17.7 Å². The summed E-state index contributed by atoms with van der Waals surface area (Å²) in [4.78, 5) is 19.9. The predicted molar refractivity (Wildman–Crippen MR) is 70.4 cm³/mol. The number of halogens is 1. The second kappa shape index (κ2) is 4.37. The van der Waals surface area contributed by atoms with E-state index in [9.17, 15) is 9.90 Å². The van der Waals surface area contributed by atoms with Gasteiger partial charge in [0.2, 0.25) is 0 Å². The van der Waals surface area contributed by atoms with Crippen molar-refractivity contribution in [2.75, 3.05) is 0 Å². The topological polar surface area (TPSA) is 67.5 Å². The molecule has 0 aromatic carbocycles. The average molecular weight is 274 g/mol. The minimum atomic E-state index is -1.07. The van der Waals surface area contributed by atoms with Crippen molar-refractivity contribution in [2.24, 2.45) is 0 Å². The molecule has 0 aliphatic carbocycles. The molecule has 5 nitrogen and oxygen atoms in total. The summed E-state index contributed by atoms with van der Waals surface area (Å²) < 4.78 is 1.45. The van der Waals surface area contributed by atoms with Crippen LogP contribution in [0.4, 0.5) is 0 Å². The van der Waals surface area contributed by atoms with Crippen LogP contribution in [0, 0.1) is 0 Å². The fourth-order valence-corrected chi connectivity index (χ4v) is 2.07. The van der Waals surface area contributed by atoms with Crippen LogP contribution in [0.3, 0.4) is 0 Å². The van der Waals surface area contributed by atoms with Gasteiger partial charge in [-0.2, -0.15) is 0 Å². The number of pyridine rings is 2. The number of aromatic nitrogens is 3. The molecule has 3 rings (SSSR count). The molecule has 0 saturated carbocycles. The third-order valence-electron chi connectivity index (χ3n) is 2.69. The van der Waals surface area contributed by atoms with Gasteiger partial charge in [0.1, 0.15) is 11.3 Å². The maximum absolute atomic E-state index is 11.4. The Hall–Kier alpha value is -2.40. The molecule has 0 radical (unpaired) electrons. The maximum atomic E-state index is 11.4. The molecule has 0 bridgehead atoms. The van der Waals surface area contributed by atoms with Gasteiger partial charge >= 0.3 is 5.97 Å². The molecular weight excluding hydrogens is 266 g/mol. The molecule has 0 atom stereocenters. The molecule has 94 valence electrons. The van der Waals surface area contributed by atoms with E-state index in [-0.39, 0.29) is 5.69 Å². The summed E-state index contributed by atoms with van der Waals surface area (Å²) in [6.45, 7) is 0. The molecule has 3 heterocycles. The van der Waals surface area contributed by atoms with Crippen molar-refractivity contribution < 1.29 is 9.90 Å². The zero-order valence-corrected chi connectivity index (χ0v) is 10.4. The highest BCUT2D eigenvalue weighted by Gasteiger charge is 2.20. The Kier molecular flexibility index (Phi) is 2.68. The van der Waals surface area contributed by atoms with Crippen molar-refractivity contribution in [3.05, 3.63) is 53.4 Å². The molecule has 0 unspecified atom stereocenters. The van der Waals surface area contributed by atoms with Crippen LogP contribution in [-0.2, 0) is 0 Å². The van der Waals surface area contributed by atoms with E-state index in [1.165, 1.54) is 10.6 Å². The number of carbonyl (C=O) groups is 1. The van der Waals surface area contributed by atoms with E-state index in [4.69, 9.17) is 11.6 Å². The van der Waals surface area contributed by atoms with E-state index in [0.717, 1.165) is 0 Å². The first-order valence-corrected chi connectivity index (χ1v) is 5.87. The number of imidazole rings is 1. The van der Waals surface area contributed by atoms with Crippen molar-refractivity contribution in [3.8, 4) is 11.4 Å². The molecule has 0 aliphatic rings. The van der Waals surface area contributed by atoms with Gasteiger partial charge in [-0.25, -0.2) is 9.78 Å². The number of hydrogen-bond donors (Lipinski definition) is 1. The van der Waals surface area contributed by atoms with E-state index in [1.807, 2.05) is 0 Å². The Morgan fingerprint density at radius 1 is 1.26 bits per heavy atom. The minimum absolute atomic E-state index is 0.0520. The zero-order chi connectivity index (χ0) is 13.4. The summed E-state index contributed by atoms with van der Waals surface area (Å²) in [6, 6.07) is 8.59. The zero-order valence-electron chi connectivity index (χ0n) is 9.62. The molecule has 19 heavy (non-hydrogen) atoms. The largest absolute Gasteiger partial charge is 0.476 e. The summed E-state index contributed by atoms with van der Waals surface area (Å²) in [7, 11) is 0. The third kappa shape index (κ3) is 1.94. The lowest BCUT2D eigenvalue weighted by Gasteiger charge is -1.99. The summed E-state index contributed by atoms with van der Waals surface area (Å²) in [5.74, 6) is -1.07. The first kappa shape index (κ1) is 11.7. The van der Waals surface area contributed by atoms with Crippen LogP contribution in [0.1, 0.15) is 10.5 Å². The smallest absolute Gasteiger partial charge is 0.355 e. The predicted octanol–water partition coefficient (Wildman–Crippen LogP) is 2.75. The lowest BCUT2D eigenvalue weighted by molar-refractivity contribution is 0.0690. The lowest BCUT2D eigenvalue weighted by Crippen LogP contribution is -2.03.